The lowest BCUT2D eigenvalue weighted by Gasteiger charge is -2.06. The zero-order valence-electron chi connectivity index (χ0n) is 8.53. The van der Waals surface area contributed by atoms with Gasteiger partial charge in [0.25, 0.3) is 0 Å². The quantitative estimate of drug-likeness (QED) is 0.728. The molecule has 1 aromatic rings. The molecule has 0 atom stereocenters. The van der Waals surface area contributed by atoms with E-state index in [1.54, 1.807) is 12.3 Å². The van der Waals surface area contributed by atoms with E-state index in [1.807, 2.05) is 26.0 Å². The summed E-state index contributed by atoms with van der Waals surface area (Å²) >= 11 is 0. The van der Waals surface area contributed by atoms with Gasteiger partial charge in [0.1, 0.15) is 11.8 Å². The van der Waals surface area contributed by atoms with E-state index in [0.29, 0.717) is 12.3 Å². The van der Waals surface area contributed by atoms with Gasteiger partial charge in [0.2, 0.25) is 0 Å². The Bertz CT molecular complexity index is 311. The third kappa shape index (κ3) is 3.55. The van der Waals surface area contributed by atoms with Crippen molar-refractivity contribution in [1.29, 1.82) is 5.26 Å². The molecule has 0 saturated heterocycles. The fourth-order valence-electron chi connectivity index (χ4n) is 1.05. The molecule has 1 rings (SSSR count). The summed E-state index contributed by atoms with van der Waals surface area (Å²) in [6.45, 7) is 4.72. The van der Waals surface area contributed by atoms with Crippen LogP contribution in [-0.4, -0.2) is 17.7 Å². The molecule has 0 aliphatic heterocycles. The van der Waals surface area contributed by atoms with E-state index in [1.165, 1.54) is 0 Å². The highest BCUT2D eigenvalue weighted by Crippen LogP contribution is 2.01. The van der Waals surface area contributed by atoms with Gasteiger partial charge >= 0.3 is 0 Å². The molecule has 0 saturated carbocycles. The summed E-state index contributed by atoms with van der Waals surface area (Å²) in [5.74, 6) is 0. The Labute approximate surface area is 84.3 Å². The average Bonchev–Trinajstić information content (AvgIpc) is 2.18. The van der Waals surface area contributed by atoms with E-state index >= 15 is 0 Å². The Morgan fingerprint density at radius 2 is 2.29 bits per heavy atom. The number of pyridine rings is 1. The number of aromatic nitrogens is 1. The molecule has 0 N–H and O–H groups in total. The van der Waals surface area contributed by atoms with Gasteiger partial charge in [-0.25, -0.2) is 4.98 Å². The highest BCUT2D eigenvalue weighted by Gasteiger charge is 1.97. The first-order valence-electron chi connectivity index (χ1n) is 4.69. The summed E-state index contributed by atoms with van der Waals surface area (Å²) in [5.41, 5.74) is 1.56. The van der Waals surface area contributed by atoms with Crippen LogP contribution in [0.3, 0.4) is 0 Å². The monoisotopic (exact) mass is 190 g/mol. The number of nitrogens with zero attached hydrogens (tertiary/aromatic N) is 2. The zero-order valence-corrected chi connectivity index (χ0v) is 8.53. The van der Waals surface area contributed by atoms with E-state index in [2.05, 4.69) is 4.98 Å². The van der Waals surface area contributed by atoms with Crippen LogP contribution in [0, 0.1) is 11.3 Å². The Morgan fingerprint density at radius 3 is 2.79 bits per heavy atom. The molecule has 0 radical (unpaired) electrons. The summed E-state index contributed by atoms with van der Waals surface area (Å²) in [6, 6.07) is 5.62. The normalized spacial score (nSPS) is 10.1. The minimum atomic E-state index is 0.265. The highest BCUT2D eigenvalue weighted by molar-refractivity contribution is 5.23. The predicted molar refractivity (Wildman–Crippen MR) is 53.7 cm³/mol. The molecule has 0 aromatic carbocycles. The van der Waals surface area contributed by atoms with Gasteiger partial charge in [-0.15, -0.1) is 0 Å². The van der Waals surface area contributed by atoms with Crippen LogP contribution in [0.15, 0.2) is 18.3 Å². The summed E-state index contributed by atoms with van der Waals surface area (Å²) in [4.78, 5) is 3.98. The maximum absolute atomic E-state index is 8.54. The molecular formula is C11H14N2O. The van der Waals surface area contributed by atoms with Crippen molar-refractivity contribution in [2.24, 2.45) is 0 Å². The average molecular weight is 190 g/mol. The van der Waals surface area contributed by atoms with Gasteiger partial charge in [-0.3, -0.25) is 0 Å². The molecule has 0 fully saturated rings. The van der Waals surface area contributed by atoms with Crippen molar-refractivity contribution in [3.8, 4) is 6.07 Å². The standard InChI is InChI=1S/C11H14N2O/c1-9(2)14-6-5-10-3-4-11(7-12)13-8-10/h3-4,8-9H,5-6H2,1-2H3. The fraction of sp³-hybridized carbons (Fsp3) is 0.455. The Kier molecular flexibility index (Phi) is 4.09. The smallest absolute Gasteiger partial charge is 0.140 e. The van der Waals surface area contributed by atoms with Gasteiger partial charge < -0.3 is 4.74 Å². The van der Waals surface area contributed by atoms with Crippen LogP contribution in [0.2, 0.25) is 0 Å². The molecule has 3 nitrogen and oxygen atoms in total. The van der Waals surface area contributed by atoms with Crippen LogP contribution in [-0.2, 0) is 11.2 Å². The number of hydrogen-bond donors (Lipinski definition) is 0. The van der Waals surface area contributed by atoms with Crippen LogP contribution >= 0.6 is 0 Å². The molecular weight excluding hydrogens is 176 g/mol. The summed E-state index contributed by atoms with van der Waals surface area (Å²) in [6.07, 6.45) is 2.83. The van der Waals surface area contributed by atoms with E-state index in [0.717, 1.165) is 12.0 Å². The lowest BCUT2D eigenvalue weighted by atomic mass is 10.2. The van der Waals surface area contributed by atoms with Crippen molar-refractivity contribution in [3.63, 3.8) is 0 Å². The molecule has 0 spiro atoms. The Morgan fingerprint density at radius 1 is 1.50 bits per heavy atom. The number of nitriles is 1. The minimum Gasteiger partial charge on any atom is -0.378 e. The van der Waals surface area contributed by atoms with Gasteiger partial charge in [0.15, 0.2) is 0 Å². The van der Waals surface area contributed by atoms with Gasteiger partial charge in [0, 0.05) is 6.20 Å². The molecule has 74 valence electrons. The highest BCUT2D eigenvalue weighted by atomic mass is 16.5. The molecule has 1 heterocycles. The van der Waals surface area contributed by atoms with Crippen LogP contribution in [0.4, 0.5) is 0 Å². The summed E-state index contributed by atoms with van der Waals surface area (Å²) in [5, 5.41) is 8.54. The second kappa shape index (κ2) is 5.36. The van der Waals surface area contributed by atoms with Crippen molar-refractivity contribution in [2.75, 3.05) is 6.61 Å². The maximum Gasteiger partial charge on any atom is 0.140 e. The number of hydrogen-bond acceptors (Lipinski definition) is 3. The van der Waals surface area contributed by atoms with Crippen LogP contribution in [0.5, 0.6) is 0 Å². The molecule has 3 heteroatoms. The van der Waals surface area contributed by atoms with E-state index in [-0.39, 0.29) is 6.10 Å². The SMILES string of the molecule is CC(C)OCCc1ccc(C#N)nc1. The van der Waals surface area contributed by atoms with E-state index < -0.39 is 0 Å². The first-order valence-corrected chi connectivity index (χ1v) is 4.69. The van der Waals surface area contributed by atoms with Crippen LogP contribution in [0.1, 0.15) is 25.1 Å². The second-order valence-electron chi connectivity index (χ2n) is 3.33. The van der Waals surface area contributed by atoms with E-state index in [9.17, 15) is 0 Å². The molecule has 14 heavy (non-hydrogen) atoms. The number of ether oxygens (including phenoxy) is 1. The summed E-state index contributed by atoms with van der Waals surface area (Å²) in [7, 11) is 0. The molecule has 0 bridgehead atoms. The van der Waals surface area contributed by atoms with Crippen molar-refractivity contribution in [3.05, 3.63) is 29.6 Å². The van der Waals surface area contributed by atoms with Gasteiger partial charge in [-0.05, 0) is 31.9 Å². The molecule has 1 aromatic heterocycles. The van der Waals surface area contributed by atoms with Crippen molar-refractivity contribution >= 4 is 0 Å². The first kappa shape index (κ1) is 10.7. The summed E-state index contributed by atoms with van der Waals surface area (Å²) < 4.78 is 5.41. The predicted octanol–water partition coefficient (Wildman–Crippen LogP) is 1.92. The van der Waals surface area contributed by atoms with Crippen molar-refractivity contribution in [1.82, 2.24) is 4.98 Å². The van der Waals surface area contributed by atoms with Crippen molar-refractivity contribution < 1.29 is 4.74 Å². The zero-order chi connectivity index (χ0) is 10.4. The van der Waals surface area contributed by atoms with Crippen LogP contribution in [0.25, 0.3) is 0 Å². The fourth-order valence-corrected chi connectivity index (χ4v) is 1.05. The topological polar surface area (TPSA) is 45.9 Å². The largest absolute Gasteiger partial charge is 0.378 e. The van der Waals surface area contributed by atoms with Crippen LogP contribution < -0.4 is 0 Å². The van der Waals surface area contributed by atoms with E-state index in [4.69, 9.17) is 10.00 Å². The van der Waals surface area contributed by atoms with Crippen molar-refractivity contribution in [2.45, 2.75) is 26.4 Å². The van der Waals surface area contributed by atoms with Gasteiger partial charge in [-0.1, -0.05) is 6.07 Å². The van der Waals surface area contributed by atoms with Gasteiger partial charge in [0.05, 0.1) is 12.7 Å². The minimum absolute atomic E-state index is 0.265. The molecule has 0 aliphatic rings. The lowest BCUT2D eigenvalue weighted by molar-refractivity contribution is 0.0813. The third-order valence-corrected chi connectivity index (χ3v) is 1.78. The Balaban J connectivity index is 2.41. The third-order valence-electron chi connectivity index (χ3n) is 1.78. The van der Waals surface area contributed by atoms with Gasteiger partial charge in [-0.2, -0.15) is 5.26 Å². The Hall–Kier alpha value is -1.40. The number of rotatable bonds is 4. The first-order chi connectivity index (χ1) is 6.72. The molecule has 0 unspecified atom stereocenters. The molecule has 0 aliphatic carbocycles. The second-order valence-corrected chi connectivity index (χ2v) is 3.33. The molecule has 0 amide bonds. The maximum atomic E-state index is 8.54. The lowest BCUT2D eigenvalue weighted by Crippen LogP contribution is -2.06.